The highest BCUT2D eigenvalue weighted by atomic mass is 32.2. The van der Waals surface area contributed by atoms with Gasteiger partial charge in [0.2, 0.25) is 10.0 Å². The molecule has 6 heteroatoms. The molecule has 0 spiro atoms. The summed E-state index contributed by atoms with van der Waals surface area (Å²) in [5.41, 5.74) is 6.76. The molecule has 2 atom stereocenters. The van der Waals surface area contributed by atoms with Crippen molar-refractivity contribution in [2.75, 3.05) is 18.8 Å². The minimum absolute atomic E-state index is 0.0571. The van der Waals surface area contributed by atoms with E-state index in [-0.39, 0.29) is 11.8 Å². The van der Waals surface area contributed by atoms with E-state index >= 15 is 0 Å². The normalized spacial score (nSPS) is 25.4. The largest absolute Gasteiger partial charge is 0.326 e. The van der Waals surface area contributed by atoms with Gasteiger partial charge in [0.25, 0.3) is 0 Å². The number of rotatable bonds is 4. The lowest BCUT2D eigenvalue weighted by Crippen LogP contribution is -2.50. The van der Waals surface area contributed by atoms with Gasteiger partial charge in [0.15, 0.2) is 0 Å². The molecular formula is C13H21N3O2S. The molecule has 1 aliphatic heterocycles. The van der Waals surface area contributed by atoms with Gasteiger partial charge in [-0.25, -0.2) is 12.7 Å². The topological polar surface area (TPSA) is 76.3 Å². The quantitative estimate of drug-likeness (QED) is 0.879. The number of pyridine rings is 1. The molecule has 1 aliphatic rings. The van der Waals surface area contributed by atoms with Crippen LogP contribution in [0.3, 0.4) is 0 Å². The van der Waals surface area contributed by atoms with Crippen molar-refractivity contribution >= 4 is 10.0 Å². The summed E-state index contributed by atoms with van der Waals surface area (Å²) in [6.07, 6.45) is 2.97. The molecule has 2 rings (SSSR count). The monoisotopic (exact) mass is 283 g/mol. The molecule has 0 aliphatic carbocycles. The maximum Gasteiger partial charge on any atom is 0.214 e. The van der Waals surface area contributed by atoms with Crippen LogP contribution in [-0.2, 0) is 16.4 Å². The predicted octanol–water partition coefficient (Wildman–Crippen LogP) is 0.623. The van der Waals surface area contributed by atoms with E-state index in [0.717, 1.165) is 12.1 Å². The fraction of sp³-hybridized carbons (Fsp3) is 0.615. The molecule has 2 N–H and O–H groups in total. The van der Waals surface area contributed by atoms with Crippen molar-refractivity contribution in [3.63, 3.8) is 0 Å². The smallest absolute Gasteiger partial charge is 0.214 e. The molecule has 0 bridgehead atoms. The molecule has 1 fully saturated rings. The van der Waals surface area contributed by atoms with Crippen LogP contribution in [0.2, 0.25) is 0 Å². The van der Waals surface area contributed by atoms with E-state index in [9.17, 15) is 8.42 Å². The number of aryl methyl sites for hydroxylation is 1. The van der Waals surface area contributed by atoms with Crippen LogP contribution in [0.15, 0.2) is 24.4 Å². The van der Waals surface area contributed by atoms with Crippen LogP contribution in [0.5, 0.6) is 0 Å². The van der Waals surface area contributed by atoms with E-state index in [1.165, 1.54) is 4.31 Å². The van der Waals surface area contributed by atoms with Crippen molar-refractivity contribution in [3.05, 3.63) is 30.1 Å². The van der Waals surface area contributed by atoms with E-state index in [2.05, 4.69) is 11.9 Å². The van der Waals surface area contributed by atoms with Gasteiger partial charge in [-0.05, 0) is 24.5 Å². The Morgan fingerprint density at radius 1 is 1.47 bits per heavy atom. The first kappa shape index (κ1) is 14.4. The molecule has 2 heterocycles. The summed E-state index contributed by atoms with van der Waals surface area (Å²) in [6, 6.07) is 5.48. The second-order valence-electron chi connectivity index (χ2n) is 5.17. The van der Waals surface area contributed by atoms with E-state index in [0.29, 0.717) is 25.4 Å². The molecule has 106 valence electrons. The van der Waals surface area contributed by atoms with Crippen LogP contribution in [0.1, 0.15) is 19.0 Å². The van der Waals surface area contributed by atoms with Gasteiger partial charge in [0, 0.05) is 37.4 Å². The molecule has 1 saturated heterocycles. The first-order chi connectivity index (χ1) is 8.99. The lowest BCUT2D eigenvalue weighted by Gasteiger charge is -2.34. The lowest BCUT2D eigenvalue weighted by molar-refractivity contribution is 0.253. The zero-order chi connectivity index (χ0) is 13.9. The minimum atomic E-state index is -3.22. The number of piperidine rings is 1. The second-order valence-corrected chi connectivity index (χ2v) is 7.26. The van der Waals surface area contributed by atoms with Crippen molar-refractivity contribution in [2.45, 2.75) is 25.8 Å². The SMILES string of the molecule is CC1CCN(S(=O)(=O)CCc2ccccn2)CC1N. The Kier molecular flexibility index (Phi) is 4.54. The molecule has 1 aromatic heterocycles. The zero-order valence-electron chi connectivity index (χ0n) is 11.2. The third-order valence-corrected chi connectivity index (χ3v) is 5.55. The maximum absolute atomic E-state index is 12.3. The zero-order valence-corrected chi connectivity index (χ0v) is 12.0. The van der Waals surface area contributed by atoms with Gasteiger partial charge in [0.05, 0.1) is 5.75 Å². The van der Waals surface area contributed by atoms with Crippen LogP contribution >= 0.6 is 0 Å². The Morgan fingerprint density at radius 3 is 2.89 bits per heavy atom. The van der Waals surface area contributed by atoms with Crippen LogP contribution in [0.25, 0.3) is 0 Å². The average Bonchev–Trinajstić information content (AvgIpc) is 2.41. The summed E-state index contributed by atoms with van der Waals surface area (Å²) >= 11 is 0. The van der Waals surface area contributed by atoms with Crippen molar-refractivity contribution in [1.82, 2.24) is 9.29 Å². The standard InChI is InChI=1S/C13H21N3O2S/c1-11-5-8-16(10-13(11)14)19(17,18)9-6-12-4-2-3-7-15-12/h2-4,7,11,13H,5-6,8-10,14H2,1H3. The first-order valence-electron chi connectivity index (χ1n) is 6.62. The lowest BCUT2D eigenvalue weighted by atomic mass is 9.96. The van der Waals surface area contributed by atoms with Gasteiger partial charge in [-0.15, -0.1) is 0 Å². The van der Waals surface area contributed by atoms with Crippen LogP contribution < -0.4 is 5.73 Å². The maximum atomic E-state index is 12.3. The summed E-state index contributed by atoms with van der Waals surface area (Å²) < 4.78 is 26.0. The van der Waals surface area contributed by atoms with Crippen molar-refractivity contribution < 1.29 is 8.42 Å². The Bertz CT molecular complexity index is 504. The third-order valence-electron chi connectivity index (χ3n) is 3.71. The van der Waals surface area contributed by atoms with Crippen LogP contribution in [-0.4, -0.2) is 42.6 Å². The Hall–Kier alpha value is -0.980. The fourth-order valence-corrected chi connectivity index (χ4v) is 3.74. The molecule has 0 amide bonds. The van der Waals surface area contributed by atoms with Gasteiger partial charge in [-0.3, -0.25) is 4.98 Å². The minimum Gasteiger partial charge on any atom is -0.326 e. The van der Waals surface area contributed by atoms with E-state index < -0.39 is 10.0 Å². The summed E-state index contributed by atoms with van der Waals surface area (Å²) in [6.45, 7) is 3.09. The summed E-state index contributed by atoms with van der Waals surface area (Å²) in [5.74, 6) is 0.493. The Morgan fingerprint density at radius 2 is 2.26 bits per heavy atom. The average molecular weight is 283 g/mol. The van der Waals surface area contributed by atoms with E-state index in [1.54, 1.807) is 6.20 Å². The number of hydrogen-bond donors (Lipinski definition) is 1. The van der Waals surface area contributed by atoms with Gasteiger partial charge >= 0.3 is 0 Å². The molecule has 0 radical (unpaired) electrons. The number of aromatic nitrogens is 1. The predicted molar refractivity (Wildman–Crippen MR) is 75.1 cm³/mol. The highest BCUT2D eigenvalue weighted by molar-refractivity contribution is 7.89. The second kappa shape index (κ2) is 5.98. The molecular weight excluding hydrogens is 262 g/mol. The molecule has 2 unspecified atom stereocenters. The molecule has 19 heavy (non-hydrogen) atoms. The first-order valence-corrected chi connectivity index (χ1v) is 8.23. The van der Waals surface area contributed by atoms with Gasteiger partial charge in [-0.1, -0.05) is 13.0 Å². The van der Waals surface area contributed by atoms with Crippen LogP contribution in [0, 0.1) is 5.92 Å². The number of hydrogen-bond acceptors (Lipinski definition) is 4. The summed E-state index contributed by atoms with van der Waals surface area (Å²) in [5, 5.41) is 0. The molecule has 0 aromatic carbocycles. The van der Waals surface area contributed by atoms with Crippen LogP contribution in [0.4, 0.5) is 0 Å². The highest BCUT2D eigenvalue weighted by Gasteiger charge is 2.30. The van der Waals surface area contributed by atoms with Crippen molar-refractivity contribution in [3.8, 4) is 0 Å². The van der Waals surface area contributed by atoms with Crippen molar-refractivity contribution in [2.24, 2.45) is 11.7 Å². The fourth-order valence-electron chi connectivity index (χ4n) is 2.23. The molecule has 0 saturated carbocycles. The number of nitrogens with zero attached hydrogens (tertiary/aromatic N) is 2. The molecule has 5 nitrogen and oxygen atoms in total. The van der Waals surface area contributed by atoms with E-state index in [4.69, 9.17) is 5.73 Å². The van der Waals surface area contributed by atoms with Gasteiger partial charge in [-0.2, -0.15) is 0 Å². The summed E-state index contributed by atoms with van der Waals surface area (Å²) in [4.78, 5) is 4.15. The number of nitrogens with two attached hydrogens (primary N) is 1. The Balaban J connectivity index is 1.95. The Labute approximate surface area is 114 Å². The molecule has 1 aromatic rings. The highest BCUT2D eigenvalue weighted by Crippen LogP contribution is 2.18. The van der Waals surface area contributed by atoms with Gasteiger partial charge < -0.3 is 5.73 Å². The number of sulfonamides is 1. The summed E-state index contributed by atoms with van der Waals surface area (Å²) in [7, 11) is -3.22. The van der Waals surface area contributed by atoms with E-state index in [1.807, 2.05) is 18.2 Å². The third kappa shape index (κ3) is 3.75. The van der Waals surface area contributed by atoms with Crippen molar-refractivity contribution in [1.29, 1.82) is 0 Å². The van der Waals surface area contributed by atoms with Gasteiger partial charge in [0.1, 0.15) is 0 Å².